The molecule has 1 unspecified atom stereocenters. The predicted octanol–water partition coefficient (Wildman–Crippen LogP) is 3.67. The number of nitrogens with one attached hydrogen (secondary N) is 1. The van der Waals surface area contributed by atoms with Gasteiger partial charge in [-0.05, 0) is 57.5 Å². The Morgan fingerprint density at radius 1 is 0.947 bits per heavy atom. The highest BCUT2D eigenvalue weighted by atomic mass is 15.1. The summed E-state index contributed by atoms with van der Waals surface area (Å²) >= 11 is 0. The van der Waals surface area contributed by atoms with Gasteiger partial charge >= 0.3 is 0 Å². The standard InChI is InChI=1S/C17H34N2/c1-14(2)13-19-11-9-17(10-12-19)18-15(3)16-7-5-4-6-8-16/h14-18H,4-13H2,1-3H3. The Labute approximate surface area is 120 Å². The van der Waals surface area contributed by atoms with E-state index in [2.05, 4.69) is 31.0 Å². The second kappa shape index (κ2) is 7.64. The summed E-state index contributed by atoms with van der Waals surface area (Å²) in [6, 6.07) is 1.52. The van der Waals surface area contributed by atoms with Gasteiger partial charge in [0.1, 0.15) is 0 Å². The molecule has 0 radical (unpaired) electrons. The number of hydrogen-bond donors (Lipinski definition) is 1. The van der Waals surface area contributed by atoms with Gasteiger partial charge in [-0.15, -0.1) is 0 Å². The fourth-order valence-corrected chi connectivity index (χ4v) is 3.94. The van der Waals surface area contributed by atoms with Gasteiger partial charge in [0.2, 0.25) is 0 Å². The van der Waals surface area contributed by atoms with E-state index in [1.807, 2.05) is 0 Å². The Bertz CT molecular complexity index is 238. The smallest absolute Gasteiger partial charge is 0.00940 e. The van der Waals surface area contributed by atoms with Crippen LogP contribution in [0.25, 0.3) is 0 Å². The van der Waals surface area contributed by atoms with Crippen molar-refractivity contribution >= 4 is 0 Å². The maximum atomic E-state index is 3.94. The molecule has 0 bridgehead atoms. The van der Waals surface area contributed by atoms with Crippen molar-refractivity contribution in [2.45, 2.75) is 77.8 Å². The summed E-state index contributed by atoms with van der Waals surface area (Å²) in [6.45, 7) is 11.0. The molecule has 2 heteroatoms. The number of hydrogen-bond acceptors (Lipinski definition) is 2. The zero-order chi connectivity index (χ0) is 13.7. The Morgan fingerprint density at radius 3 is 2.16 bits per heavy atom. The third-order valence-electron chi connectivity index (χ3n) is 5.07. The highest BCUT2D eigenvalue weighted by Crippen LogP contribution is 2.27. The highest BCUT2D eigenvalue weighted by Gasteiger charge is 2.25. The van der Waals surface area contributed by atoms with Crippen LogP contribution in [0.1, 0.15) is 65.7 Å². The highest BCUT2D eigenvalue weighted by molar-refractivity contribution is 4.83. The average molecular weight is 266 g/mol. The predicted molar refractivity (Wildman–Crippen MR) is 83.5 cm³/mol. The van der Waals surface area contributed by atoms with E-state index in [-0.39, 0.29) is 0 Å². The van der Waals surface area contributed by atoms with Crippen LogP contribution in [0.3, 0.4) is 0 Å². The molecule has 0 aromatic rings. The SMILES string of the molecule is CC(C)CN1CCC(NC(C)C2CCCCC2)CC1. The first-order valence-corrected chi connectivity index (χ1v) is 8.63. The molecule has 1 N–H and O–H groups in total. The van der Waals surface area contributed by atoms with Crippen LogP contribution >= 0.6 is 0 Å². The molecular formula is C17H34N2. The van der Waals surface area contributed by atoms with Crippen LogP contribution < -0.4 is 5.32 Å². The number of nitrogens with zero attached hydrogens (tertiary/aromatic N) is 1. The minimum absolute atomic E-state index is 0.738. The zero-order valence-corrected chi connectivity index (χ0v) is 13.3. The van der Waals surface area contributed by atoms with Crippen LogP contribution in [0.4, 0.5) is 0 Å². The summed E-state index contributed by atoms with van der Waals surface area (Å²) in [6.07, 6.45) is 10.0. The zero-order valence-electron chi connectivity index (χ0n) is 13.3. The molecule has 1 aliphatic heterocycles. The second-order valence-corrected chi connectivity index (χ2v) is 7.32. The van der Waals surface area contributed by atoms with Gasteiger partial charge in [0.05, 0.1) is 0 Å². The first kappa shape index (κ1) is 15.3. The van der Waals surface area contributed by atoms with Gasteiger partial charge in [-0.25, -0.2) is 0 Å². The minimum Gasteiger partial charge on any atom is -0.311 e. The second-order valence-electron chi connectivity index (χ2n) is 7.32. The topological polar surface area (TPSA) is 15.3 Å². The summed E-state index contributed by atoms with van der Waals surface area (Å²) in [4.78, 5) is 2.65. The summed E-state index contributed by atoms with van der Waals surface area (Å²) in [5, 5.41) is 3.94. The molecule has 1 atom stereocenters. The average Bonchev–Trinajstić information content (AvgIpc) is 2.41. The van der Waals surface area contributed by atoms with Gasteiger partial charge < -0.3 is 10.2 Å². The maximum absolute atomic E-state index is 3.94. The van der Waals surface area contributed by atoms with Crippen LogP contribution in [-0.4, -0.2) is 36.6 Å². The van der Waals surface area contributed by atoms with Gasteiger partial charge in [-0.3, -0.25) is 0 Å². The van der Waals surface area contributed by atoms with Crippen molar-refractivity contribution in [1.29, 1.82) is 0 Å². The van der Waals surface area contributed by atoms with Crippen LogP contribution in [0.15, 0.2) is 0 Å². The lowest BCUT2D eigenvalue weighted by Gasteiger charge is -2.37. The lowest BCUT2D eigenvalue weighted by atomic mass is 9.84. The van der Waals surface area contributed by atoms with Gasteiger partial charge in [0, 0.05) is 18.6 Å². The van der Waals surface area contributed by atoms with Crippen LogP contribution in [0.2, 0.25) is 0 Å². The summed E-state index contributed by atoms with van der Waals surface area (Å²) in [5.74, 6) is 1.76. The quantitative estimate of drug-likeness (QED) is 0.817. The third kappa shape index (κ3) is 5.07. The van der Waals surface area contributed by atoms with E-state index in [1.165, 1.54) is 64.6 Å². The fourth-order valence-electron chi connectivity index (χ4n) is 3.94. The van der Waals surface area contributed by atoms with Crippen molar-refractivity contribution in [2.75, 3.05) is 19.6 Å². The van der Waals surface area contributed by atoms with Crippen molar-refractivity contribution in [3.05, 3.63) is 0 Å². The van der Waals surface area contributed by atoms with Crippen LogP contribution in [-0.2, 0) is 0 Å². The number of piperidine rings is 1. The third-order valence-corrected chi connectivity index (χ3v) is 5.07. The Hall–Kier alpha value is -0.0800. The van der Waals surface area contributed by atoms with Crippen molar-refractivity contribution in [3.63, 3.8) is 0 Å². The molecule has 0 aromatic carbocycles. The molecule has 2 rings (SSSR count). The molecule has 0 aromatic heterocycles. The molecule has 1 saturated carbocycles. The Kier molecular flexibility index (Phi) is 6.15. The van der Waals surface area contributed by atoms with E-state index >= 15 is 0 Å². The minimum atomic E-state index is 0.738. The molecule has 0 amide bonds. The summed E-state index contributed by atoms with van der Waals surface area (Å²) < 4.78 is 0. The summed E-state index contributed by atoms with van der Waals surface area (Å²) in [7, 11) is 0. The number of likely N-dealkylation sites (tertiary alicyclic amines) is 1. The van der Waals surface area contributed by atoms with Crippen molar-refractivity contribution in [3.8, 4) is 0 Å². The van der Waals surface area contributed by atoms with Crippen molar-refractivity contribution in [2.24, 2.45) is 11.8 Å². The molecule has 112 valence electrons. The molecule has 1 saturated heterocycles. The van der Waals surface area contributed by atoms with E-state index in [0.29, 0.717) is 0 Å². The normalized spacial score (nSPS) is 25.9. The Balaban J connectivity index is 1.67. The van der Waals surface area contributed by atoms with Crippen molar-refractivity contribution < 1.29 is 0 Å². The van der Waals surface area contributed by atoms with Gasteiger partial charge in [0.25, 0.3) is 0 Å². The van der Waals surface area contributed by atoms with E-state index in [4.69, 9.17) is 0 Å². The van der Waals surface area contributed by atoms with E-state index < -0.39 is 0 Å². The number of rotatable bonds is 5. The van der Waals surface area contributed by atoms with E-state index in [9.17, 15) is 0 Å². The molecular weight excluding hydrogens is 232 g/mol. The monoisotopic (exact) mass is 266 g/mol. The van der Waals surface area contributed by atoms with Gasteiger partial charge in [0.15, 0.2) is 0 Å². The van der Waals surface area contributed by atoms with Crippen molar-refractivity contribution in [1.82, 2.24) is 10.2 Å². The first-order valence-electron chi connectivity index (χ1n) is 8.63. The molecule has 1 aliphatic carbocycles. The molecule has 2 fully saturated rings. The lowest BCUT2D eigenvalue weighted by Crippen LogP contribution is -2.48. The molecule has 2 nitrogen and oxygen atoms in total. The van der Waals surface area contributed by atoms with Crippen LogP contribution in [0.5, 0.6) is 0 Å². The first-order chi connectivity index (χ1) is 9.15. The van der Waals surface area contributed by atoms with Gasteiger partial charge in [-0.2, -0.15) is 0 Å². The molecule has 1 heterocycles. The molecule has 2 aliphatic rings. The summed E-state index contributed by atoms with van der Waals surface area (Å²) in [5.41, 5.74) is 0. The fraction of sp³-hybridized carbons (Fsp3) is 1.00. The maximum Gasteiger partial charge on any atom is 0.00940 e. The molecule has 0 spiro atoms. The van der Waals surface area contributed by atoms with E-state index in [0.717, 1.165) is 23.9 Å². The van der Waals surface area contributed by atoms with Crippen LogP contribution in [0, 0.1) is 11.8 Å². The molecule has 19 heavy (non-hydrogen) atoms. The Morgan fingerprint density at radius 2 is 1.58 bits per heavy atom. The lowest BCUT2D eigenvalue weighted by molar-refractivity contribution is 0.163. The largest absolute Gasteiger partial charge is 0.311 e. The van der Waals surface area contributed by atoms with E-state index in [1.54, 1.807) is 0 Å². The van der Waals surface area contributed by atoms with Gasteiger partial charge in [-0.1, -0.05) is 33.1 Å².